The fourth-order valence-corrected chi connectivity index (χ4v) is 3.86. The van der Waals surface area contributed by atoms with E-state index in [0.717, 1.165) is 19.3 Å². The molecule has 0 bridgehead atoms. The molecule has 1 aromatic carbocycles. The zero-order valence-electron chi connectivity index (χ0n) is 18.0. The average molecular weight is 391 g/mol. The van der Waals surface area contributed by atoms with Gasteiger partial charge in [0, 0.05) is 0 Å². The summed E-state index contributed by atoms with van der Waals surface area (Å²) in [6, 6.07) is 7.57. The summed E-state index contributed by atoms with van der Waals surface area (Å²) < 4.78 is 11.5. The second-order valence-electron chi connectivity index (χ2n) is 8.14. The van der Waals surface area contributed by atoms with Gasteiger partial charge in [0.05, 0.1) is 17.8 Å². The van der Waals surface area contributed by atoms with Gasteiger partial charge in [0.2, 0.25) is 0 Å². The van der Waals surface area contributed by atoms with Crippen LogP contribution in [0.5, 0.6) is 5.75 Å². The van der Waals surface area contributed by atoms with Crippen LogP contribution in [0.1, 0.15) is 71.1 Å². The Morgan fingerprint density at radius 2 is 1.79 bits per heavy atom. The molecule has 1 aliphatic rings. The zero-order chi connectivity index (χ0) is 20.2. The fraction of sp³-hybridized carbons (Fsp3) is 0.696. The van der Waals surface area contributed by atoms with E-state index in [9.17, 15) is 4.79 Å². The normalized spacial score (nSPS) is 16.0. The number of hydrogen-bond donors (Lipinski definition) is 1. The first kappa shape index (κ1) is 22.5. The van der Waals surface area contributed by atoms with E-state index in [1.54, 1.807) is 0 Å². The molecule has 5 heteroatoms. The van der Waals surface area contributed by atoms with Crippen molar-refractivity contribution in [1.29, 1.82) is 0 Å². The summed E-state index contributed by atoms with van der Waals surface area (Å²) in [5, 5.41) is 2.86. The molecule has 2 rings (SSSR count). The van der Waals surface area contributed by atoms with E-state index in [-0.39, 0.29) is 5.54 Å². The van der Waals surface area contributed by atoms with Gasteiger partial charge >= 0.3 is 6.09 Å². The maximum atomic E-state index is 12.4. The van der Waals surface area contributed by atoms with Gasteiger partial charge in [-0.15, -0.1) is 0 Å². The lowest BCUT2D eigenvalue weighted by Gasteiger charge is -2.42. The summed E-state index contributed by atoms with van der Waals surface area (Å²) in [5.74, 6) is 0.704. The van der Waals surface area contributed by atoms with E-state index >= 15 is 0 Å². The Labute approximate surface area is 170 Å². The summed E-state index contributed by atoms with van der Waals surface area (Å²) in [7, 11) is 4.16. The molecule has 0 spiro atoms. The highest BCUT2D eigenvalue weighted by molar-refractivity contribution is 5.86. The number of carbonyl (C=O) groups excluding carboxylic acids is 1. The third kappa shape index (κ3) is 7.01. The van der Waals surface area contributed by atoms with Crippen LogP contribution in [0, 0.1) is 0 Å². The molecule has 158 valence electrons. The average Bonchev–Trinajstić information content (AvgIpc) is 2.71. The molecular weight excluding hydrogens is 352 g/mol. The van der Waals surface area contributed by atoms with Crippen LogP contribution in [0.4, 0.5) is 10.5 Å². The standard InChI is InChI=1S/C23H38N2O3/c1-4-5-6-7-13-18-27-21-15-10-9-14-20(21)24-22(26)28-19-23(25(2)3)16-11-8-12-17-23/h9-10,14-15H,4-8,11-13,16-19H2,1-3H3,(H,24,26). The second kappa shape index (κ2) is 11.9. The smallest absolute Gasteiger partial charge is 0.411 e. The monoisotopic (exact) mass is 390 g/mol. The maximum Gasteiger partial charge on any atom is 0.411 e. The van der Waals surface area contributed by atoms with Crippen molar-refractivity contribution in [2.45, 2.75) is 76.7 Å². The number of nitrogens with one attached hydrogen (secondary N) is 1. The molecule has 0 saturated heterocycles. The fourth-order valence-electron chi connectivity index (χ4n) is 3.86. The summed E-state index contributed by atoms with van der Waals surface area (Å²) in [6.07, 6.45) is 11.4. The Morgan fingerprint density at radius 1 is 1.07 bits per heavy atom. The first-order valence-corrected chi connectivity index (χ1v) is 10.9. The molecule has 1 saturated carbocycles. The predicted octanol–water partition coefficient (Wildman–Crippen LogP) is 5.85. The molecule has 5 nitrogen and oxygen atoms in total. The Hall–Kier alpha value is -1.75. The lowest BCUT2D eigenvalue weighted by molar-refractivity contribution is 0.0263. The van der Waals surface area contributed by atoms with Gasteiger partial charge in [0.15, 0.2) is 0 Å². The molecule has 1 aliphatic carbocycles. The number of likely N-dealkylation sites (N-methyl/N-ethyl adjacent to an activating group) is 1. The number of rotatable bonds is 11. The third-order valence-electron chi connectivity index (χ3n) is 5.83. The van der Waals surface area contributed by atoms with Crippen LogP contribution in [0.15, 0.2) is 24.3 Å². The number of carbonyl (C=O) groups is 1. The quantitative estimate of drug-likeness (QED) is 0.482. The van der Waals surface area contributed by atoms with Crippen molar-refractivity contribution in [1.82, 2.24) is 4.90 Å². The summed E-state index contributed by atoms with van der Waals surface area (Å²) in [4.78, 5) is 14.6. The van der Waals surface area contributed by atoms with Gasteiger partial charge in [0.1, 0.15) is 12.4 Å². The van der Waals surface area contributed by atoms with Crippen molar-refractivity contribution in [2.75, 3.05) is 32.6 Å². The van der Waals surface area contributed by atoms with Crippen molar-refractivity contribution >= 4 is 11.8 Å². The van der Waals surface area contributed by atoms with Crippen molar-refractivity contribution in [2.24, 2.45) is 0 Å². The van der Waals surface area contributed by atoms with Crippen molar-refractivity contribution < 1.29 is 14.3 Å². The molecule has 0 aliphatic heterocycles. The van der Waals surface area contributed by atoms with Crippen LogP contribution in [0.2, 0.25) is 0 Å². The highest BCUT2D eigenvalue weighted by atomic mass is 16.6. The minimum absolute atomic E-state index is 0.0376. The van der Waals surface area contributed by atoms with Gasteiger partial charge in [-0.1, -0.05) is 64.0 Å². The number of amides is 1. The number of para-hydroxylation sites is 2. The van der Waals surface area contributed by atoms with Crippen molar-refractivity contribution in [3.63, 3.8) is 0 Å². The minimum Gasteiger partial charge on any atom is -0.491 e. The SMILES string of the molecule is CCCCCCCOc1ccccc1NC(=O)OCC1(N(C)C)CCCCC1. The molecule has 0 aromatic heterocycles. The highest BCUT2D eigenvalue weighted by Crippen LogP contribution is 2.32. The van der Waals surface area contributed by atoms with E-state index in [1.807, 2.05) is 24.3 Å². The van der Waals surface area contributed by atoms with Gasteiger partial charge in [0.25, 0.3) is 0 Å². The van der Waals surface area contributed by atoms with Crippen molar-refractivity contribution in [3.05, 3.63) is 24.3 Å². The maximum absolute atomic E-state index is 12.4. The molecule has 1 amide bonds. The lowest BCUT2D eigenvalue weighted by Crippen LogP contribution is -2.50. The second-order valence-corrected chi connectivity index (χ2v) is 8.14. The topological polar surface area (TPSA) is 50.8 Å². The first-order valence-electron chi connectivity index (χ1n) is 10.9. The van der Waals surface area contributed by atoms with Crippen LogP contribution >= 0.6 is 0 Å². The van der Waals surface area contributed by atoms with E-state index in [0.29, 0.717) is 24.7 Å². The van der Waals surface area contributed by atoms with Gasteiger partial charge in [-0.05, 0) is 45.5 Å². The molecule has 1 fully saturated rings. The Morgan fingerprint density at radius 3 is 2.50 bits per heavy atom. The van der Waals surface area contributed by atoms with Crippen LogP contribution in [0.25, 0.3) is 0 Å². The van der Waals surface area contributed by atoms with Gasteiger partial charge < -0.3 is 14.4 Å². The van der Waals surface area contributed by atoms with Crippen LogP contribution in [-0.4, -0.2) is 43.8 Å². The highest BCUT2D eigenvalue weighted by Gasteiger charge is 2.35. The molecule has 0 unspecified atom stereocenters. The Kier molecular flexibility index (Phi) is 9.62. The molecule has 1 aromatic rings. The van der Waals surface area contributed by atoms with E-state index < -0.39 is 6.09 Å². The number of hydrogen-bond acceptors (Lipinski definition) is 4. The largest absolute Gasteiger partial charge is 0.491 e. The lowest BCUT2D eigenvalue weighted by atomic mass is 9.81. The summed E-state index contributed by atoms with van der Waals surface area (Å²) in [5.41, 5.74) is 0.632. The number of ether oxygens (including phenoxy) is 2. The minimum atomic E-state index is -0.411. The van der Waals surface area contributed by atoms with Crippen LogP contribution in [-0.2, 0) is 4.74 Å². The Bertz CT molecular complexity index is 583. The van der Waals surface area contributed by atoms with E-state index in [1.165, 1.54) is 44.9 Å². The Balaban J connectivity index is 1.82. The van der Waals surface area contributed by atoms with Gasteiger partial charge in [-0.3, -0.25) is 5.32 Å². The number of unbranched alkanes of at least 4 members (excludes halogenated alkanes) is 4. The first-order chi connectivity index (χ1) is 13.6. The molecule has 0 radical (unpaired) electrons. The molecule has 1 N–H and O–H groups in total. The number of nitrogens with zero attached hydrogens (tertiary/aromatic N) is 1. The molecule has 0 heterocycles. The van der Waals surface area contributed by atoms with Gasteiger partial charge in [-0.25, -0.2) is 4.79 Å². The molecule has 28 heavy (non-hydrogen) atoms. The number of benzene rings is 1. The van der Waals surface area contributed by atoms with Crippen molar-refractivity contribution in [3.8, 4) is 5.75 Å². The third-order valence-corrected chi connectivity index (χ3v) is 5.83. The molecule has 0 atom stereocenters. The number of anilines is 1. The zero-order valence-corrected chi connectivity index (χ0v) is 18.0. The summed E-state index contributed by atoms with van der Waals surface area (Å²) in [6.45, 7) is 3.31. The van der Waals surface area contributed by atoms with E-state index in [4.69, 9.17) is 9.47 Å². The predicted molar refractivity (Wildman–Crippen MR) is 115 cm³/mol. The van der Waals surface area contributed by atoms with Crippen LogP contribution < -0.4 is 10.1 Å². The van der Waals surface area contributed by atoms with E-state index in [2.05, 4.69) is 31.2 Å². The van der Waals surface area contributed by atoms with Crippen LogP contribution in [0.3, 0.4) is 0 Å². The summed E-state index contributed by atoms with van der Waals surface area (Å²) >= 11 is 0. The van der Waals surface area contributed by atoms with Gasteiger partial charge in [-0.2, -0.15) is 0 Å². The molecular formula is C23H38N2O3.